The summed E-state index contributed by atoms with van der Waals surface area (Å²) in [5, 5.41) is 0. The monoisotopic (exact) mass is 418 g/mol. The molecule has 0 spiro atoms. The van der Waals surface area contributed by atoms with Crippen molar-refractivity contribution in [2.45, 2.75) is 12.8 Å². The topological polar surface area (TPSA) is 0 Å². The van der Waals surface area contributed by atoms with E-state index in [2.05, 4.69) is 44.0 Å². The van der Waals surface area contributed by atoms with Crippen LogP contribution in [0.4, 0.5) is 4.39 Å². The molecule has 1 atom stereocenters. The van der Waals surface area contributed by atoms with E-state index in [1.54, 1.807) is 6.07 Å². The Morgan fingerprint density at radius 3 is 2.50 bits per heavy atom. The van der Waals surface area contributed by atoms with E-state index in [0.717, 1.165) is 22.9 Å². The van der Waals surface area contributed by atoms with Crippen LogP contribution in [0.25, 0.3) is 0 Å². The van der Waals surface area contributed by atoms with Gasteiger partial charge in [-0.1, -0.05) is 40.2 Å². The van der Waals surface area contributed by atoms with E-state index in [1.807, 2.05) is 18.2 Å². The molecule has 106 valence electrons. The molecule has 0 bridgehead atoms. The Morgan fingerprint density at radius 2 is 1.80 bits per heavy atom. The second-order valence-corrected chi connectivity index (χ2v) is 6.79. The summed E-state index contributed by atoms with van der Waals surface area (Å²) in [6, 6.07) is 13.3. The molecule has 2 aromatic rings. The van der Waals surface area contributed by atoms with Gasteiger partial charge in [0.05, 0.1) is 4.47 Å². The third kappa shape index (κ3) is 4.31. The fourth-order valence-electron chi connectivity index (χ4n) is 2.20. The van der Waals surface area contributed by atoms with Crippen molar-refractivity contribution in [1.29, 1.82) is 0 Å². The fourth-order valence-corrected chi connectivity index (χ4v) is 3.29. The smallest absolute Gasteiger partial charge is 0.137 e. The molecule has 0 N–H and O–H groups in total. The quantitative estimate of drug-likeness (QED) is 0.521. The molecule has 0 nitrogen and oxygen atoms in total. The lowest BCUT2D eigenvalue weighted by Crippen LogP contribution is -2.11. The SMILES string of the molecule is Fc1cccc(CC(CCl)Cc2cccc(Br)c2)c1Br. The zero-order valence-corrected chi connectivity index (χ0v) is 14.7. The first kappa shape index (κ1) is 16.0. The minimum Gasteiger partial charge on any atom is -0.206 e. The van der Waals surface area contributed by atoms with Crippen LogP contribution >= 0.6 is 43.5 Å². The van der Waals surface area contributed by atoms with E-state index in [1.165, 1.54) is 11.6 Å². The molecule has 0 heterocycles. The van der Waals surface area contributed by atoms with Gasteiger partial charge in [-0.25, -0.2) is 4.39 Å². The summed E-state index contributed by atoms with van der Waals surface area (Å²) in [5.74, 6) is 0.609. The van der Waals surface area contributed by atoms with Crippen LogP contribution in [0.3, 0.4) is 0 Å². The minimum absolute atomic E-state index is 0.224. The van der Waals surface area contributed by atoms with Gasteiger partial charge in [0.15, 0.2) is 0 Å². The first-order valence-corrected chi connectivity index (χ1v) is 8.45. The lowest BCUT2D eigenvalue weighted by Gasteiger charge is -2.15. The molecule has 0 aliphatic heterocycles. The zero-order chi connectivity index (χ0) is 14.5. The molecule has 0 aliphatic carbocycles. The minimum atomic E-state index is -0.224. The summed E-state index contributed by atoms with van der Waals surface area (Å²) in [7, 11) is 0. The van der Waals surface area contributed by atoms with Gasteiger partial charge in [0.25, 0.3) is 0 Å². The number of rotatable bonds is 5. The van der Waals surface area contributed by atoms with E-state index < -0.39 is 0 Å². The summed E-state index contributed by atoms with van der Waals surface area (Å²) in [4.78, 5) is 0. The van der Waals surface area contributed by atoms with Crippen LogP contribution in [0.15, 0.2) is 51.4 Å². The average Bonchev–Trinajstić information content (AvgIpc) is 2.43. The van der Waals surface area contributed by atoms with Crippen molar-refractivity contribution in [3.8, 4) is 0 Å². The van der Waals surface area contributed by atoms with Crippen molar-refractivity contribution in [3.05, 3.63) is 68.4 Å². The molecule has 1 unspecified atom stereocenters. The number of benzene rings is 2. The Hall–Kier alpha value is -0.380. The Labute approximate surface area is 140 Å². The van der Waals surface area contributed by atoms with Crippen LogP contribution in [0.1, 0.15) is 11.1 Å². The summed E-state index contributed by atoms with van der Waals surface area (Å²) in [6.07, 6.45) is 1.64. The molecule has 0 saturated heterocycles. The maximum absolute atomic E-state index is 13.5. The Morgan fingerprint density at radius 1 is 1.05 bits per heavy atom. The molecule has 2 aromatic carbocycles. The average molecular weight is 421 g/mol. The van der Waals surface area contributed by atoms with E-state index >= 15 is 0 Å². The maximum atomic E-state index is 13.5. The van der Waals surface area contributed by atoms with Crippen molar-refractivity contribution in [1.82, 2.24) is 0 Å². The number of halogens is 4. The maximum Gasteiger partial charge on any atom is 0.137 e. The Kier molecular flexibility index (Phi) is 6.06. The van der Waals surface area contributed by atoms with Gasteiger partial charge in [0, 0.05) is 10.4 Å². The molecule has 20 heavy (non-hydrogen) atoms. The molecule has 0 aliphatic rings. The standard InChI is InChI=1S/C16H14Br2ClF/c17-14-5-1-3-11(9-14)7-12(10-19)8-13-4-2-6-15(20)16(13)18/h1-6,9,12H,7-8,10H2. The predicted molar refractivity (Wildman–Crippen MR) is 89.9 cm³/mol. The highest BCUT2D eigenvalue weighted by atomic mass is 79.9. The first-order chi connectivity index (χ1) is 9.60. The molecular formula is C16H14Br2ClF. The van der Waals surface area contributed by atoms with Crippen LogP contribution in [0.2, 0.25) is 0 Å². The molecule has 0 aromatic heterocycles. The molecule has 0 saturated carbocycles. The molecule has 0 amide bonds. The molecule has 2 rings (SSSR count). The van der Waals surface area contributed by atoms with Gasteiger partial charge in [0.1, 0.15) is 5.82 Å². The lowest BCUT2D eigenvalue weighted by molar-refractivity contribution is 0.572. The fraction of sp³-hybridized carbons (Fsp3) is 0.250. The van der Waals surface area contributed by atoms with E-state index in [4.69, 9.17) is 11.6 Å². The van der Waals surface area contributed by atoms with Crippen molar-refractivity contribution in [2.24, 2.45) is 5.92 Å². The van der Waals surface area contributed by atoms with Crippen LogP contribution < -0.4 is 0 Å². The van der Waals surface area contributed by atoms with Crippen LogP contribution in [0, 0.1) is 11.7 Å². The van der Waals surface area contributed by atoms with E-state index in [0.29, 0.717) is 10.4 Å². The van der Waals surface area contributed by atoms with Crippen molar-refractivity contribution in [3.63, 3.8) is 0 Å². The largest absolute Gasteiger partial charge is 0.206 e. The molecule has 0 radical (unpaired) electrons. The summed E-state index contributed by atoms with van der Waals surface area (Å²) in [5.41, 5.74) is 2.20. The first-order valence-electron chi connectivity index (χ1n) is 6.33. The highest BCUT2D eigenvalue weighted by Crippen LogP contribution is 2.25. The highest BCUT2D eigenvalue weighted by Gasteiger charge is 2.13. The summed E-state index contributed by atoms with van der Waals surface area (Å²) >= 11 is 12.9. The van der Waals surface area contributed by atoms with Gasteiger partial charge in [-0.05, 0) is 64.0 Å². The third-order valence-corrected chi connectivity index (χ3v) is 4.99. The van der Waals surface area contributed by atoms with Crippen molar-refractivity contribution >= 4 is 43.5 Å². The second-order valence-electron chi connectivity index (χ2n) is 4.77. The Bertz CT molecular complexity index is 586. The van der Waals surface area contributed by atoms with E-state index in [9.17, 15) is 4.39 Å². The van der Waals surface area contributed by atoms with E-state index in [-0.39, 0.29) is 11.7 Å². The van der Waals surface area contributed by atoms with Crippen molar-refractivity contribution in [2.75, 3.05) is 5.88 Å². The van der Waals surface area contributed by atoms with Gasteiger partial charge in [-0.3, -0.25) is 0 Å². The highest BCUT2D eigenvalue weighted by molar-refractivity contribution is 9.10. The normalized spacial score (nSPS) is 12.4. The summed E-state index contributed by atoms with van der Waals surface area (Å²) < 4.78 is 15.1. The zero-order valence-electron chi connectivity index (χ0n) is 10.8. The van der Waals surface area contributed by atoms with Crippen LogP contribution in [-0.2, 0) is 12.8 Å². The van der Waals surface area contributed by atoms with Crippen LogP contribution in [0.5, 0.6) is 0 Å². The van der Waals surface area contributed by atoms with Gasteiger partial charge in [-0.15, -0.1) is 11.6 Å². The number of hydrogen-bond donors (Lipinski definition) is 0. The van der Waals surface area contributed by atoms with Crippen molar-refractivity contribution < 1.29 is 4.39 Å². The number of alkyl halides is 1. The third-order valence-electron chi connectivity index (χ3n) is 3.17. The summed E-state index contributed by atoms with van der Waals surface area (Å²) in [6.45, 7) is 0. The Balaban J connectivity index is 2.11. The van der Waals surface area contributed by atoms with Gasteiger partial charge >= 0.3 is 0 Å². The van der Waals surface area contributed by atoms with Gasteiger partial charge < -0.3 is 0 Å². The molecular weight excluding hydrogens is 406 g/mol. The predicted octanol–water partition coefficient (Wildman–Crippen LogP) is 5.99. The lowest BCUT2D eigenvalue weighted by atomic mass is 9.94. The second kappa shape index (κ2) is 7.58. The van der Waals surface area contributed by atoms with Gasteiger partial charge in [-0.2, -0.15) is 0 Å². The molecule has 0 fully saturated rings. The molecule has 4 heteroatoms. The number of hydrogen-bond acceptors (Lipinski definition) is 0. The van der Waals surface area contributed by atoms with Gasteiger partial charge in [0.2, 0.25) is 0 Å². The van der Waals surface area contributed by atoms with Crippen LogP contribution in [-0.4, -0.2) is 5.88 Å².